The van der Waals surface area contributed by atoms with Gasteiger partial charge < -0.3 is 0 Å². The summed E-state index contributed by atoms with van der Waals surface area (Å²) in [4.78, 5) is 11.2. The fraction of sp³-hybridized carbons (Fsp3) is 0.133. The maximum atomic E-state index is 13.7. The summed E-state index contributed by atoms with van der Waals surface area (Å²) in [5.41, 5.74) is 0.662. The molecule has 0 aromatic heterocycles. The summed E-state index contributed by atoms with van der Waals surface area (Å²) >= 11 is 0. The Hall–Kier alpha value is -2.21. The zero-order valence-corrected chi connectivity index (χ0v) is 12.4. The van der Waals surface area contributed by atoms with Gasteiger partial charge in [0.25, 0.3) is 10.0 Å². The lowest BCUT2D eigenvalue weighted by molar-refractivity contribution is 0.101. The van der Waals surface area contributed by atoms with E-state index in [4.69, 9.17) is 0 Å². The number of ketones is 1. The summed E-state index contributed by atoms with van der Waals surface area (Å²) in [5, 5.41) is 0. The molecule has 0 radical (unpaired) electrons. The Morgan fingerprint density at radius 2 is 1.81 bits per heavy atom. The van der Waals surface area contributed by atoms with Gasteiger partial charge in [-0.2, -0.15) is 0 Å². The highest BCUT2D eigenvalue weighted by Crippen LogP contribution is 2.23. The molecular weight excluding hydrogens is 293 g/mol. The second-order valence-corrected chi connectivity index (χ2v) is 6.30. The molecule has 2 rings (SSSR count). The average Bonchev–Trinajstić information content (AvgIpc) is 2.43. The van der Waals surface area contributed by atoms with E-state index in [1.165, 1.54) is 43.3 Å². The molecule has 0 aliphatic rings. The summed E-state index contributed by atoms with van der Waals surface area (Å²) in [6.45, 7) is 2.95. The minimum absolute atomic E-state index is 0.0853. The number of carbonyl (C=O) groups is 1. The average molecular weight is 307 g/mol. The number of para-hydroxylation sites is 1. The van der Waals surface area contributed by atoms with Crippen molar-refractivity contribution in [3.8, 4) is 0 Å². The van der Waals surface area contributed by atoms with Crippen LogP contribution in [0.3, 0.4) is 0 Å². The van der Waals surface area contributed by atoms with Crippen molar-refractivity contribution in [2.75, 3.05) is 4.72 Å². The molecule has 110 valence electrons. The number of Topliss-reactive ketones (excluding diaryl/α,β-unsaturated/α-hetero) is 1. The number of aryl methyl sites for hydroxylation is 1. The zero-order valence-electron chi connectivity index (χ0n) is 11.6. The van der Waals surface area contributed by atoms with Crippen LogP contribution in [0.1, 0.15) is 22.8 Å². The number of carbonyl (C=O) groups excluding carboxylic acids is 1. The van der Waals surface area contributed by atoms with E-state index < -0.39 is 15.8 Å². The zero-order chi connectivity index (χ0) is 15.6. The number of rotatable bonds is 4. The highest BCUT2D eigenvalue weighted by molar-refractivity contribution is 7.92. The van der Waals surface area contributed by atoms with Crippen LogP contribution in [0.2, 0.25) is 0 Å². The molecule has 0 atom stereocenters. The number of anilines is 1. The molecule has 0 aliphatic carbocycles. The minimum Gasteiger partial charge on any atom is -0.295 e. The molecule has 2 aromatic rings. The van der Waals surface area contributed by atoms with Crippen molar-refractivity contribution in [2.24, 2.45) is 0 Å². The highest BCUT2D eigenvalue weighted by Gasteiger charge is 2.18. The lowest BCUT2D eigenvalue weighted by atomic mass is 10.2. The van der Waals surface area contributed by atoms with Crippen LogP contribution in [0, 0.1) is 12.7 Å². The Morgan fingerprint density at radius 3 is 2.43 bits per heavy atom. The number of halogens is 1. The van der Waals surface area contributed by atoms with E-state index in [2.05, 4.69) is 4.72 Å². The molecule has 6 heteroatoms. The van der Waals surface area contributed by atoms with Crippen molar-refractivity contribution < 1.29 is 17.6 Å². The Kier molecular flexibility index (Phi) is 4.09. The molecule has 0 aliphatic heterocycles. The fourth-order valence-corrected chi connectivity index (χ4v) is 3.02. The van der Waals surface area contributed by atoms with Crippen LogP contribution in [-0.4, -0.2) is 14.2 Å². The summed E-state index contributed by atoms with van der Waals surface area (Å²) in [6.07, 6.45) is 0. The minimum atomic E-state index is -3.96. The fourth-order valence-electron chi connectivity index (χ4n) is 1.84. The molecule has 0 fully saturated rings. The normalized spacial score (nSPS) is 11.2. The van der Waals surface area contributed by atoms with Crippen LogP contribution in [0.25, 0.3) is 0 Å². The second kappa shape index (κ2) is 5.65. The van der Waals surface area contributed by atoms with Gasteiger partial charge in [0.15, 0.2) is 5.78 Å². The van der Waals surface area contributed by atoms with Crippen LogP contribution in [-0.2, 0) is 10.0 Å². The highest BCUT2D eigenvalue weighted by atomic mass is 32.2. The van der Waals surface area contributed by atoms with Crippen molar-refractivity contribution in [3.63, 3.8) is 0 Å². The third-order valence-electron chi connectivity index (χ3n) is 3.01. The van der Waals surface area contributed by atoms with Crippen molar-refractivity contribution in [3.05, 3.63) is 59.4 Å². The largest absolute Gasteiger partial charge is 0.295 e. The lowest BCUT2D eigenvalue weighted by Crippen LogP contribution is -2.15. The Morgan fingerprint density at radius 1 is 1.14 bits per heavy atom. The number of nitrogens with one attached hydrogen (secondary N) is 1. The molecule has 0 heterocycles. The van der Waals surface area contributed by atoms with Gasteiger partial charge in [0, 0.05) is 5.56 Å². The van der Waals surface area contributed by atoms with E-state index in [1.54, 1.807) is 13.0 Å². The van der Waals surface area contributed by atoms with Crippen LogP contribution >= 0.6 is 0 Å². The Labute approximate surface area is 122 Å². The standard InChI is InChI=1S/C15H14FNO3S/c1-10-5-3-8-14(16)15(10)17-21(19,20)13-7-4-6-12(9-13)11(2)18/h3-9,17H,1-2H3. The van der Waals surface area contributed by atoms with E-state index >= 15 is 0 Å². The van der Waals surface area contributed by atoms with Gasteiger partial charge >= 0.3 is 0 Å². The van der Waals surface area contributed by atoms with Crippen LogP contribution in [0.4, 0.5) is 10.1 Å². The van der Waals surface area contributed by atoms with Gasteiger partial charge in [-0.15, -0.1) is 0 Å². The lowest BCUT2D eigenvalue weighted by Gasteiger charge is -2.11. The molecular formula is C15H14FNO3S. The first kappa shape index (κ1) is 15.2. The van der Waals surface area contributed by atoms with Crippen LogP contribution < -0.4 is 4.72 Å². The van der Waals surface area contributed by atoms with Crippen LogP contribution in [0.15, 0.2) is 47.4 Å². The van der Waals surface area contributed by atoms with Crippen molar-refractivity contribution in [1.82, 2.24) is 0 Å². The Bertz CT molecular complexity index is 780. The maximum Gasteiger partial charge on any atom is 0.262 e. The number of sulfonamides is 1. The first-order valence-corrected chi connectivity index (χ1v) is 7.68. The van der Waals surface area contributed by atoms with Crippen molar-refractivity contribution >= 4 is 21.5 Å². The van der Waals surface area contributed by atoms with E-state index in [1.807, 2.05) is 0 Å². The molecule has 21 heavy (non-hydrogen) atoms. The van der Waals surface area contributed by atoms with E-state index in [-0.39, 0.29) is 21.9 Å². The van der Waals surface area contributed by atoms with E-state index in [0.29, 0.717) is 5.56 Å². The first-order chi connectivity index (χ1) is 9.81. The SMILES string of the molecule is CC(=O)c1cccc(S(=O)(=O)Nc2c(C)cccc2F)c1. The summed E-state index contributed by atoms with van der Waals surface area (Å²) in [5.74, 6) is -0.893. The van der Waals surface area contributed by atoms with Crippen molar-refractivity contribution in [2.45, 2.75) is 18.7 Å². The molecule has 1 N–H and O–H groups in total. The van der Waals surface area contributed by atoms with Gasteiger partial charge in [0.05, 0.1) is 10.6 Å². The molecule has 0 bridgehead atoms. The number of hydrogen-bond donors (Lipinski definition) is 1. The molecule has 0 unspecified atom stereocenters. The monoisotopic (exact) mass is 307 g/mol. The molecule has 2 aromatic carbocycles. The topological polar surface area (TPSA) is 63.2 Å². The summed E-state index contributed by atoms with van der Waals surface area (Å²) in [7, 11) is -3.96. The third kappa shape index (κ3) is 3.28. The van der Waals surface area contributed by atoms with Crippen LogP contribution in [0.5, 0.6) is 0 Å². The second-order valence-electron chi connectivity index (χ2n) is 4.62. The molecule has 0 amide bonds. The molecule has 0 saturated heterocycles. The van der Waals surface area contributed by atoms with E-state index in [0.717, 1.165) is 0 Å². The smallest absolute Gasteiger partial charge is 0.262 e. The maximum absolute atomic E-state index is 13.7. The predicted octanol–water partition coefficient (Wildman–Crippen LogP) is 3.14. The van der Waals surface area contributed by atoms with Gasteiger partial charge in [0.2, 0.25) is 0 Å². The van der Waals surface area contributed by atoms with Gasteiger partial charge in [-0.05, 0) is 37.6 Å². The number of hydrogen-bond acceptors (Lipinski definition) is 3. The Balaban J connectivity index is 2.44. The third-order valence-corrected chi connectivity index (χ3v) is 4.36. The first-order valence-electron chi connectivity index (χ1n) is 6.20. The van der Waals surface area contributed by atoms with Gasteiger partial charge in [-0.25, -0.2) is 12.8 Å². The number of benzene rings is 2. The van der Waals surface area contributed by atoms with Gasteiger partial charge in [-0.3, -0.25) is 9.52 Å². The predicted molar refractivity (Wildman–Crippen MR) is 78.4 cm³/mol. The van der Waals surface area contributed by atoms with Crippen molar-refractivity contribution in [1.29, 1.82) is 0 Å². The molecule has 0 saturated carbocycles. The summed E-state index contributed by atoms with van der Waals surface area (Å²) in [6, 6.07) is 9.89. The van der Waals surface area contributed by atoms with Gasteiger partial charge in [0.1, 0.15) is 5.82 Å². The van der Waals surface area contributed by atoms with E-state index in [9.17, 15) is 17.6 Å². The quantitative estimate of drug-likeness (QED) is 0.883. The molecule has 0 spiro atoms. The molecule has 4 nitrogen and oxygen atoms in total. The summed E-state index contributed by atoms with van der Waals surface area (Å²) < 4.78 is 40.5. The van der Waals surface area contributed by atoms with Gasteiger partial charge in [-0.1, -0.05) is 24.3 Å².